The van der Waals surface area contributed by atoms with Gasteiger partial charge in [0.2, 0.25) is 0 Å². The van der Waals surface area contributed by atoms with Gasteiger partial charge in [-0.1, -0.05) is 0 Å². The summed E-state index contributed by atoms with van der Waals surface area (Å²) < 4.78 is 0. The molecule has 1 aliphatic rings. The summed E-state index contributed by atoms with van der Waals surface area (Å²) in [7, 11) is 0. The average molecular weight is 189 g/mol. The van der Waals surface area contributed by atoms with Gasteiger partial charge in [-0.05, 0) is 27.2 Å². The molecule has 2 atom stereocenters. The molecule has 1 heterocycles. The molecule has 3 N–H and O–H groups in total. The van der Waals surface area contributed by atoms with Crippen LogP contribution in [0.2, 0.25) is 0 Å². The topological polar surface area (TPSA) is 81.0 Å². The van der Waals surface area contributed by atoms with Crippen LogP contribution in [-0.2, 0) is 4.79 Å². The maximum Gasteiger partial charge on any atom is 0.310 e. The van der Waals surface area contributed by atoms with E-state index in [0.717, 1.165) is 5.06 Å². The minimum absolute atomic E-state index is 0.228. The number of aliphatic hydroxyl groups is 1. The van der Waals surface area contributed by atoms with Crippen LogP contribution in [-0.4, -0.2) is 37.7 Å². The Hall–Kier alpha value is -0.650. The van der Waals surface area contributed by atoms with Crippen LogP contribution in [0.15, 0.2) is 0 Å². The Balaban J connectivity index is 3.00. The Labute approximate surface area is 76.5 Å². The van der Waals surface area contributed by atoms with E-state index in [4.69, 9.17) is 5.11 Å². The van der Waals surface area contributed by atoms with Crippen LogP contribution in [0.3, 0.4) is 0 Å². The number of carboxylic acids is 1. The van der Waals surface area contributed by atoms with Crippen molar-refractivity contribution in [1.29, 1.82) is 0 Å². The third-order valence-electron chi connectivity index (χ3n) is 2.66. The van der Waals surface area contributed by atoms with Gasteiger partial charge in [-0.2, -0.15) is 5.06 Å². The molecule has 0 aromatic carbocycles. The number of hydrogen-bond acceptors (Lipinski definition) is 4. The summed E-state index contributed by atoms with van der Waals surface area (Å²) in [6.45, 7) is 4.68. The fourth-order valence-electron chi connectivity index (χ4n) is 1.86. The molecule has 0 radical (unpaired) electrons. The lowest BCUT2D eigenvalue weighted by Crippen LogP contribution is -2.50. The van der Waals surface area contributed by atoms with Gasteiger partial charge < -0.3 is 15.4 Å². The van der Waals surface area contributed by atoms with E-state index in [1.165, 1.54) is 6.92 Å². The molecule has 1 aliphatic heterocycles. The van der Waals surface area contributed by atoms with Crippen molar-refractivity contribution in [2.45, 2.75) is 38.5 Å². The second-order valence-corrected chi connectivity index (χ2v) is 4.31. The number of hydroxylamine groups is 2. The van der Waals surface area contributed by atoms with Crippen molar-refractivity contribution in [1.82, 2.24) is 5.06 Å². The molecule has 1 rings (SSSR count). The van der Waals surface area contributed by atoms with E-state index in [2.05, 4.69) is 0 Å². The fourth-order valence-corrected chi connectivity index (χ4v) is 1.86. The Morgan fingerprint density at radius 2 is 1.92 bits per heavy atom. The molecule has 1 saturated heterocycles. The first kappa shape index (κ1) is 10.4. The van der Waals surface area contributed by atoms with E-state index in [0.29, 0.717) is 0 Å². The van der Waals surface area contributed by atoms with Crippen molar-refractivity contribution in [3.05, 3.63) is 0 Å². The van der Waals surface area contributed by atoms with E-state index in [-0.39, 0.29) is 6.42 Å². The van der Waals surface area contributed by atoms with E-state index < -0.39 is 23.2 Å². The standard InChI is InChI=1S/C8H15NO4/c1-7(2)4-5(6(10)11)8(3,12)9(7)13/h5,12-13H,4H2,1-3H3,(H,10,11). The molecule has 2 unspecified atom stereocenters. The van der Waals surface area contributed by atoms with Crippen LogP contribution in [0.25, 0.3) is 0 Å². The molecule has 0 aromatic heterocycles. The zero-order valence-corrected chi connectivity index (χ0v) is 7.98. The largest absolute Gasteiger partial charge is 0.481 e. The lowest BCUT2D eigenvalue weighted by atomic mass is 9.93. The minimum Gasteiger partial charge on any atom is -0.481 e. The van der Waals surface area contributed by atoms with Gasteiger partial charge in [-0.15, -0.1) is 0 Å². The van der Waals surface area contributed by atoms with Crippen molar-refractivity contribution in [2.24, 2.45) is 5.92 Å². The highest BCUT2D eigenvalue weighted by atomic mass is 16.6. The van der Waals surface area contributed by atoms with Crippen LogP contribution < -0.4 is 0 Å². The third-order valence-corrected chi connectivity index (χ3v) is 2.66. The molecule has 0 saturated carbocycles. The molecule has 5 nitrogen and oxygen atoms in total. The molecule has 13 heavy (non-hydrogen) atoms. The molecular weight excluding hydrogens is 174 g/mol. The monoisotopic (exact) mass is 189 g/mol. The quantitative estimate of drug-likeness (QED) is 0.551. The van der Waals surface area contributed by atoms with Crippen molar-refractivity contribution in [3.8, 4) is 0 Å². The van der Waals surface area contributed by atoms with E-state index in [9.17, 15) is 15.1 Å². The first-order valence-corrected chi connectivity index (χ1v) is 4.14. The summed E-state index contributed by atoms with van der Waals surface area (Å²) in [5.74, 6) is -2.04. The average Bonchev–Trinajstić information content (AvgIpc) is 2.11. The highest BCUT2D eigenvalue weighted by molar-refractivity contribution is 5.72. The van der Waals surface area contributed by atoms with Crippen molar-refractivity contribution in [2.75, 3.05) is 0 Å². The number of aliphatic carboxylic acids is 1. The Morgan fingerprint density at radius 1 is 1.46 bits per heavy atom. The van der Waals surface area contributed by atoms with Crippen LogP contribution in [0, 0.1) is 5.92 Å². The Bertz CT molecular complexity index is 236. The van der Waals surface area contributed by atoms with Crippen LogP contribution in [0.1, 0.15) is 27.2 Å². The maximum absolute atomic E-state index is 10.8. The SMILES string of the molecule is CC1(C)CC(C(=O)O)C(C)(O)N1O. The van der Waals surface area contributed by atoms with Gasteiger partial charge in [-0.3, -0.25) is 4.79 Å². The summed E-state index contributed by atoms with van der Waals surface area (Å²) in [5.41, 5.74) is -2.39. The summed E-state index contributed by atoms with van der Waals surface area (Å²) in [6.07, 6.45) is 0.228. The van der Waals surface area contributed by atoms with Gasteiger partial charge in [0.15, 0.2) is 5.72 Å². The van der Waals surface area contributed by atoms with Gasteiger partial charge in [0.25, 0.3) is 0 Å². The number of carboxylic acid groups (broad SMARTS) is 1. The summed E-state index contributed by atoms with van der Waals surface area (Å²) >= 11 is 0. The maximum atomic E-state index is 10.8. The number of rotatable bonds is 1. The predicted molar refractivity (Wildman–Crippen MR) is 44.1 cm³/mol. The Morgan fingerprint density at radius 3 is 2.08 bits per heavy atom. The van der Waals surface area contributed by atoms with Crippen LogP contribution >= 0.6 is 0 Å². The second-order valence-electron chi connectivity index (χ2n) is 4.31. The lowest BCUT2D eigenvalue weighted by molar-refractivity contribution is -0.276. The lowest BCUT2D eigenvalue weighted by Gasteiger charge is -2.33. The third kappa shape index (κ3) is 1.43. The van der Waals surface area contributed by atoms with E-state index in [1.54, 1.807) is 13.8 Å². The molecule has 0 aliphatic carbocycles. The van der Waals surface area contributed by atoms with Crippen LogP contribution in [0.5, 0.6) is 0 Å². The molecule has 1 fully saturated rings. The first-order valence-electron chi connectivity index (χ1n) is 4.14. The molecule has 76 valence electrons. The Kier molecular flexibility index (Phi) is 2.14. The zero-order chi connectivity index (χ0) is 10.4. The molecule has 0 amide bonds. The highest BCUT2D eigenvalue weighted by Crippen LogP contribution is 2.41. The van der Waals surface area contributed by atoms with Gasteiger partial charge in [0.1, 0.15) is 5.92 Å². The normalized spacial score (nSPS) is 39.3. The predicted octanol–water partition coefficient (Wildman–Crippen LogP) is 0.269. The number of nitrogens with zero attached hydrogens (tertiary/aromatic N) is 1. The first-order chi connectivity index (χ1) is 5.69. The molecule has 0 bridgehead atoms. The van der Waals surface area contributed by atoms with Gasteiger partial charge in [0.05, 0.1) is 0 Å². The van der Waals surface area contributed by atoms with Gasteiger partial charge >= 0.3 is 5.97 Å². The smallest absolute Gasteiger partial charge is 0.310 e. The van der Waals surface area contributed by atoms with Crippen LogP contribution in [0.4, 0.5) is 0 Å². The summed E-state index contributed by atoms with van der Waals surface area (Å²) in [6, 6.07) is 0. The van der Waals surface area contributed by atoms with Crippen molar-refractivity contribution in [3.63, 3.8) is 0 Å². The van der Waals surface area contributed by atoms with Crippen molar-refractivity contribution < 1.29 is 20.2 Å². The second kappa shape index (κ2) is 2.67. The molecule has 0 aromatic rings. The van der Waals surface area contributed by atoms with E-state index in [1.807, 2.05) is 0 Å². The molecular formula is C8H15NO4. The van der Waals surface area contributed by atoms with Gasteiger partial charge in [-0.25, -0.2) is 0 Å². The number of carbonyl (C=O) groups is 1. The number of hydrogen-bond donors (Lipinski definition) is 3. The van der Waals surface area contributed by atoms with Crippen molar-refractivity contribution >= 4 is 5.97 Å². The highest BCUT2D eigenvalue weighted by Gasteiger charge is 2.56. The molecule has 5 heteroatoms. The fraction of sp³-hybridized carbons (Fsp3) is 0.875. The van der Waals surface area contributed by atoms with Gasteiger partial charge in [0, 0.05) is 5.54 Å². The zero-order valence-electron chi connectivity index (χ0n) is 7.98. The van der Waals surface area contributed by atoms with E-state index >= 15 is 0 Å². The molecule has 0 spiro atoms. The minimum atomic E-state index is -1.69. The summed E-state index contributed by atoms with van der Waals surface area (Å²) in [5, 5.41) is 28.8. The summed E-state index contributed by atoms with van der Waals surface area (Å²) in [4.78, 5) is 10.8.